The number of nitrogens with two attached hydrogens (primary N) is 1. The highest BCUT2D eigenvalue weighted by molar-refractivity contribution is 5.93. The number of hydrogen-bond acceptors (Lipinski definition) is 8. The predicted octanol–water partition coefficient (Wildman–Crippen LogP) is 3.47. The third kappa shape index (κ3) is 3.44. The van der Waals surface area contributed by atoms with Crippen molar-refractivity contribution in [3.05, 3.63) is 54.7 Å². The summed E-state index contributed by atoms with van der Waals surface area (Å²) in [5, 5.41) is 9.59. The lowest BCUT2D eigenvalue weighted by Crippen LogP contribution is -2.36. The number of H-pyrrole nitrogens is 1. The molecule has 0 atom stereocenters. The quantitative estimate of drug-likeness (QED) is 0.368. The van der Waals surface area contributed by atoms with Gasteiger partial charge in [-0.05, 0) is 30.3 Å². The van der Waals surface area contributed by atoms with E-state index in [1.807, 2.05) is 48.7 Å². The average molecular weight is 457 g/mol. The number of benzene rings is 2. The number of hydrogen-bond donors (Lipinski definition) is 3. The predicted molar refractivity (Wildman–Crippen MR) is 132 cm³/mol. The number of morpholine rings is 1. The van der Waals surface area contributed by atoms with Crippen LogP contribution in [0.2, 0.25) is 0 Å². The number of anilines is 4. The highest BCUT2D eigenvalue weighted by atomic mass is 16.5. The van der Waals surface area contributed by atoms with Gasteiger partial charge in [-0.2, -0.15) is 9.97 Å². The summed E-state index contributed by atoms with van der Waals surface area (Å²) in [6.45, 7) is 3.16. The molecule has 34 heavy (non-hydrogen) atoms. The number of ether oxygens (including phenoxy) is 2. The summed E-state index contributed by atoms with van der Waals surface area (Å²) in [7, 11) is 1.66. The largest absolute Gasteiger partial charge is 0.494 e. The molecule has 0 unspecified atom stereocenters. The van der Waals surface area contributed by atoms with Crippen molar-refractivity contribution in [3.8, 4) is 11.6 Å². The molecular weight excluding hydrogens is 432 g/mol. The molecule has 4 heterocycles. The van der Waals surface area contributed by atoms with E-state index in [4.69, 9.17) is 20.2 Å². The molecule has 3 aromatic heterocycles. The smallest absolute Gasteiger partial charge is 0.231 e. The molecule has 2 aromatic carbocycles. The van der Waals surface area contributed by atoms with Crippen molar-refractivity contribution in [1.29, 1.82) is 0 Å². The summed E-state index contributed by atoms with van der Waals surface area (Å²) in [6.07, 6.45) is 1.83. The average Bonchev–Trinajstić information content (AvgIpc) is 3.49. The maximum atomic E-state index is 6.18. The fraction of sp³-hybridized carbons (Fsp3) is 0.208. The van der Waals surface area contributed by atoms with Crippen molar-refractivity contribution in [2.75, 3.05) is 49.4 Å². The summed E-state index contributed by atoms with van der Waals surface area (Å²) in [5.74, 6) is 2.20. The Labute approximate surface area is 195 Å². The number of aromatic nitrogens is 5. The Bertz CT molecular complexity index is 1490. The summed E-state index contributed by atoms with van der Waals surface area (Å²) >= 11 is 0. The number of nitrogens with one attached hydrogen (secondary N) is 2. The standard InChI is InChI=1S/C24H24N8O2/c1-33-20-14-15(31-10-12-34-13-11-31)6-7-18(20)27-24-28-22-17(8-9-26-22)23(29-24)32-19-5-3-2-4-16(19)21(25)30-32/h2-9,14H,10-13H2,1H3,(H2,25,30)(H2,26,27,28,29). The monoisotopic (exact) mass is 456 g/mol. The zero-order chi connectivity index (χ0) is 23.1. The molecule has 1 saturated heterocycles. The Morgan fingerprint density at radius 2 is 1.91 bits per heavy atom. The molecule has 0 spiro atoms. The maximum Gasteiger partial charge on any atom is 0.231 e. The molecule has 172 valence electrons. The van der Waals surface area contributed by atoms with E-state index in [1.165, 1.54) is 0 Å². The van der Waals surface area contributed by atoms with Crippen LogP contribution in [-0.2, 0) is 4.74 Å². The molecule has 4 N–H and O–H groups in total. The van der Waals surface area contributed by atoms with E-state index in [1.54, 1.807) is 11.8 Å². The minimum absolute atomic E-state index is 0.417. The van der Waals surface area contributed by atoms with Crippen LogP contribution < -0.4 is 20.7 Å². The molecule has 0 aliphatic carbocycles. The van der Waals surface area contributed by atoms with Crippen LogP contribution in [0.15, 0.2) is 54.7 Å². The van der Waals surface area contributed by atoms with Crippen LogP contribution in [0.25, 0.3) is 27.8 Å². The SMILES string of the molecule is COc1cc(N2CCOCC2)ccc1Nc1nc(-n2nc(N)c3ccccc32)c2cc[nH]c2n1. The zero-order valence-corrected chi connectivity index (χ0v) is 18.7. The van der Waals surface area contributed by atoms with Crippen molar-refractivity contribution >= 4 is 45.1 Å². The molecule has 6 rings (SSSR count). The van der Waals surface area contributed by atoms with Gasteiger partial charge in [0, 0.05) is 36.4 Å². The number of fused-ring (bicyclic) bond motifs is 2. The maximum absolute atomic E-state index is 6.18. The van der Waals surface area contributed by atoms with Crippen LogP contribution in [-0.4, -0.2) is 58.1 Å². The van der Waals surface area contributed by atoms with Crippen LogP contribution in [0.4, 0.5) is 23.1 Å². The van der Waals surface area contributed by atoms with E-state index < -0.39 is 0 Å². The van der Waals surface area contributed by atoms with Gasteiger partial charge in [-0.3, -0.25) is 0 Å². The van der Waals surface area contributed by atoms with E-state index in [9.17, 15) is 0 Å². The Morgan fingerprint density at radius 3 is 2.76 bits per heavy atom. The summed E-state index contributed by atoms with van der Waals surface area (Å²) in [4.78, 5) is 14.9. The zero-order valence-electron chi connectivity index (χ0n) is 18.7. The Morgan fingerprint density at radius 1 is 1.06 bits per heavy atom. The Kier molecular flexibility index (Phi) is 4.92. The first-order valence-electron chi connectivity index (χ1n) is 11.1. The van der Waals surface area contributed by atoms with Gasteiger partial charge in [0.05, 0.1) is 36.9 Å². The van der Waals surface area contributed by atoms with Crippen LogP contribution >= 0.6 is 0 Å². The first kappa shape index (κ1) is 20.3. The second-order valence-corrected chi connectivity index (χ2v) is 8.03. The molecule has 0 radical (unpaired) electrons. The number of rotatable bonds is 5. The van der Waals surface area contributed by atoms with E-state index >= 15 is 0 Å². The molecular formula is C24H24N8O2. The highest BCUT2D eigenvalue weighted by Crippen LogP contribution is 2.33. The normalized spacial score (nSPS) is 14.1. The fourth-order valence-electron chi connectivity index (χ4n) is 4.32. The van der Waals surface area contributed by atoms with E-state index in [0.717, 1.165) is 54.0 Å². The highest BCUT2D eigenvalue weighted by Gasteiger charge is 2.18. The molecule has 1 fully saturated rings. The van der Waals surface area contributed by atoms with E-state index in [0.29, 0.717) is 29.0 Å². The van der Waals surface area contributed by atoms with E-state index in [-0.39, 0.29) is 0 Å². The van der Waals surface area contributed by atoms with Crippen LogP contribution in [0, 0.1) is 0 Å². The van der Waals surface area contributed by atoms with Gasteiger partial charge < -0.3 is 30.4 Å². The number of nitrogen functional groups attached to an aromatic ring is 1. The van der Waals surface area contributed by atoms with Gasteiger partial charge in [-0.25, -0.2) is 4.68 Å². The first-order valence-corrected chi connectivity index (χ1v) is 11.1. The van der Waals surface area contributed by atoms with Crippen LogP contribution in [0.5, 0.6) is 5.75 Å². The molecule has 5 aromatic rings. The molecule has 1 aliphatic rings. The molecule has 10 heteroatoms. The van der Waals surface area contributed by atoms with Gasteiger partial charge >= 0.3 is 0 Å². The second kappa shape index (κ2) is 8.23. The van der Waals surface area contributed by atoms with Crippen LogP contribution in [0.1, 0.15) is 0 Å². The summed E-state index contributed by atoms with van der Waals surface area (Å²) in [6, 6.07) is 15.8. The molecule has 0 amide bonds. The van der Waals surface area contributed by atoms with Gasteiger partial charge in [-0.15, -0.1) is 5.10 Å². The summed E-state index contributed by atoms with van der Waals surface area (Å²) in [5.41, 5.74) is 9.60. The number of nitrogens with zero attached hydrogens (tertiary/aromatic N) is 5. The lowest BCUT2D eigenvalue weighted by atomic mass is 10.2. The Balaban J connectivity index is 1.41. The van der Waals surface area contributed by atoms with Crippen molar-refractivity contribution in [1.82, 2.24) is 24.7 Å². The van der Waals surface area contributed by atoms with Gasteiger partial charge in [0.2, 0.25) is 5.95 Å². The molecule has 1 aliphatic heterocycles. The molecule has 10 nitrogen and oxygen atoms in total. The van der Waals surface area contributed by atoms with Crippen molar-refractivity contribution in [3.63, 3.8) is 0 Å². The fourth-order valence-corrected chi connectivity index (χ4v) is 4.32. The third-order valence-electron chi connectivity index (χ3n) is 6.02. The minimum Gasteiger partial charge on any atom is -0.494 e. The Hall–Kier alpha value is -4.31. The lowest BCUT2D eigenvalue weighted by Gasteiger charge is -2.29. The van der Waals surface area contributed by atoms with Gasteiger partial charge in [-0.1, -0.05) is 12.1 Å². The van der Waals surface area contributed by atoms with Crippen molar-refractivity contribution in [2.24, 2.45) is 0 Å². The number of methoxy groups -OCH3 is 1. The van der Waals surface area contributed by atoms with Crippen LogP contribution in [0.3, 0.4) is 0 Å². The van der Waals surface area contributed by atoms with Gasteiger partial charge in [0.15, 0.2) is 11.6 Å². The molecule has 0 saturated carbocycles. The van der Waals surface area contributed by atoms with Crippen molar-refractivity contribution in [2.45, 2.75) is 0 Å². The topological polar surface area (TPSA) is 119 Å². The van der Waals surface area contributed by atoms with Gasteiger partial charge in [0.1, 0.15) is 11.4 Å². The molecule has 0 bridgehead atoms. The van der Waals surface area contributed by atoms with E-state index in [2.05, 4.69) is 31.3 Å². The lowest BCUT2D eigenvalue weighted by molar-refractivity contribution is 0.122. The second-order valence-electron chi connectivity index (χ2n) is 8.03. The number of para-hydroxylation sites is 1. The minimum atomic E-state index is 0.417. The first-order chi connectivity index (χ1) is 16.7. The van der Waals surface area contributed by atoms with Crippen molar-refractivity contribution < 1.29 is 9.47 Å². The van der Waals surface area contributed by atoms with Gasteiger partial charge in [0.25, 0.3) is 0 Å². The number of aromatic amines is 1. The third-order valence-corrected chi connectivity index (χ3v) is 6.02. The summed E-state index contributed by atoms with van der Waals surface area (Å²) < 4.78 is 12.9.